The van der Waals surface area contributed by atoms with Gasteiger partial charge in [0.25, 0.3) is 0 Å². The van der Waals surface area contributed by atoms with E-state index >= 15 is 0 Å². The van der Waals surface area contributed by atoms with E-state index in [1.54, 1.807) is 4.90 Å². The summed E-state index contributed by atoms with van der Waals surface area (Å²) in [5.41, 5.74) is 0. The van der Waals surface area contributed by atoms with Crippen LogP contribution in [0.25, 0.3) is 0 Å². The molecule has 3 N–H and O–H groups in total. The van der Waals surface area contributed by atoms with Gasteiger partial charge in [-0.25, -0.2) is 4.79 Å². The summed E-state index contributed by atoms with van der Waals surface area (Å²) >= 11 is 0. The molecular weight excluding hydrogens is 276 g/mol. The van der Waals surface area contributed by atoms with Gasteiger partial charge < -0.3 is 25.2 Å². The Morgan fingerprint density at radius 2 is 2.05 bits per heavy atom. The third-order valence-corrected chi connectivity index (χ3v) is 3.42. The zero-order valence-corrected chi connectivity index (χ0v) is 12.9. The maximum absolute atomic E-state index is 12.1. The Hall–Kier alpha value is -1.34. The van der Waals surface area contributed by atoms with E-state index < -0.39 is 11.9 Å². The number of carboxylic acid groups (broad SMARTS) is 1. The van der Waals surface area contributed by atoms with Crippen LogP contribution < -0.4 is 5.32 Å². The Bertz CT molecular complexity index is 361. The van der Waals surface area contributed by atoms with Crippen LogP contribution in [0.4, 0.5) is 4.79 Å². The lowest BCUT2D eigenvalue weighted by atomic mass is 9.97. The molecule has 1 heterocycles. The predicted molar refractivity (Wildman–Crippen MR) is 77.0 cm³/mol. The molecule has 0 aromatic heterocycles. The summed E-state index contributed by atoms with van der Waals surface area (Å²) in [5, 5.41) is 21.0. The number of nitrogens with one attached hydrogen (secondary N) is 1. The van der Waals surface area contributed by atoms with Crippen LogP contribution in [0.15, 0.2) is 0 Å². The highest BCUT2D eigenvalue weighted by Crippen LogP contribution is 2.13. The molecular formula is C14H26N2O5. The molecule has 0 saturated carbocycles. The molecule has 1 aliphatic heterocycles. The minimum absolute atomic E-state index is 0.113. The van der Waals surface area contributed by atoms with E-state index in [0.29, 0.717) is 19.5 Å². The number of hydrogen-bond donors (Lipinski definition) is 3. The van der Waals surface area contributed by atoms with Crippen molar-refractivity contribution in [1.82, 2.24) is 10.2 Å². The minimum atomic E-state index is -0.896. The summed E-state index contributed by atoms with van der Waals surface area (Å²) in [6.45, 7) is 6.46. The van der Waals surface area contributed by atoms with Gasteiger partial charge >= 0.3 is 12.0 Å². The van der Waals surface area contributed by atoms with Gasteiger partial charge in [0.15, 0.2) is 0 Å². The number of aliphatic carboxylic acids is 1. The predicted octanol–water partition coefficient (Wildman–Crippen LogP) is 0.525. The summed E-state index contributed by atoms with van der Waals surface area (Å²) in [7, 11) is 0. The Morgan fingerprint density at radius 1 is 1.38 bits per heavy atom. The Labute approximate surface area is 125 Å². The van der Waals surface area contributed by atoms with E-state index in [2.05, 4.69) is 5.32 Å². The number of urea groups is 1. The Balaban J connectivity index is 2.49. The Kier molecular flexibility index (Phi) is 6.91. The fourth-order valence-corrected chi connectivity index (χ4v) is 2.47. The first-order valence-electron chi connectivity index (χ1n) is 7.35. The number of morpholine rings is 1. The normalized spacial score (nSPS) is 24.0. The second-order valence-corrected chi connectivity index (χ2v) is 6.01. The van der Waals surface area contributed by atoms with E-state index in [1.807, 2.05) is 20.8 Å². The highest BCUT2D eigenvalue weighted by atomic mass is 16.5. The molecule has 7 heteroatoms. The van der Waals surface area contributed by atoms with Gasteiger partial charge in [-0.15, -0.1) is 0 Å². The lowest BCUT2D eigenvalue weighted by Gasteiger charge is -2.36. The van der Waals surface area contributed by atoms with Gasteiger partial charge in [-0.2, -0.15) is 0 Å². The monoisotopic (exact) mass is 302 g/mol. The molecule has 7 nitrogen and oxygen atoms in total. The standard InChI is InChI=1S/C14H26N2O5/c1-9(2)4-11(13(18)19)5-15-14(20)16-6-10(3)21-12(7-16)8-17/h9-12,17H,4-8H2,1-3H3,(H,15,20)(H,18,19). The summed E-state index contributed by atoms with van der Waals surface area (Å²) in [4.78, 5) is 24.8. The van der Waals surface area contributed by atoms with Gasteiger partial charge in [-0.05, 0) is 19.3 Å². The first-order valence-corrected chi connectivity index (χ1v) is 7.35. The number of hydrogen-bond acceptors (Lipinski definition) is 4. The number of nitrogens with zero attached hydrogens (tertiary/aromatic N) is 1. The summed E-state index contributed by atoms with van der Waals surface area (Å²) in [6, 6.07) is -0.307. The molecule has 0 aromatic rings. The van der Waals surface area contributed by atoms with Crippen molar-refractivity contribution in [2.45, 2.75) is 39.4 Å². The zero-order chi connectivity index (χ0) is 16.0. The van der Waals surface area contributed by atoms with Crippen LogP contribution in [-0.2, 0) is 9.53 Å². The number of aliphatic hydroxyl groups excluding tert-OH is 1. The van der Waals surface area contributed by atoms with Crippen LogP contribution >= 0.6 is 0 Å². The van der Waals surface area contributed by atoms with Crippen LogP contribution in [0.5, 0.6) is 0 Å². The first kappa shape index (κ1) is 17.7. The third kappa shape index (κ3) is 5.89. The van der Waals surface area contributed by atoms with Gasteiger partial charge in [0.2, 0.25) is 0 Å². The van der Waals surface area contributed by atoms with Crippen LogP contribution in [-0.4, -0.2) is 65.6 Å². The van der Waals surface area contributed by atoms with Gasteiger partial charge in [-0.1, -0.05) is 13.8 Å². The van der Waals surface area contributed by atoms with Crippen molar-refractivity contribution in [3.63, 3.8) is 0 Å². The number of amides is 2. The maximum atomic E-state index is 12.1. The molecule has 1 aliphatic rings. The molecule has 0 radical (unpaired) electrons. The zero-order valence-electron chi connectivity index (χ0n) is 12.9. The van der Waals surface area contributed by atoms with E-state index in [9.17, 15) is 9.59 Å². The second-order valence-electron chi connectivity index (χ2n) is 6.01. The smallest absolute Gasteiger partial charge is 0.317 e. The number of carbonyl (C=O) groups excluding carboxylic acids is 1. The Morgan fingerprint density at radius 3 is 2.57 bits per heavy atom. The molecule has 1 rings (SSSR count). The van der Waals surface area contributed by atoms with E-state index in [-0.39, 0.29) is 37.3 Å². The molecule has 0 aromatic carbocycles. The van der Waals surface area contributed by atoms with Crippen molar-refractivity contribution in [3.8, 4) is 0 Å². The van der Waals surface area contributed by atoms with Crippen LogP contribution in [0.3, 0.4) is 0 Å². The summed E-state index contributed by atoms with van der Waals surface area (Å²) in [5.74, 6) is -1.22. The fraction of sp³-hybridized carbons (Fsp3) is 0.857. The maximum Gasteiger partial charge on any atom is 0.317 e. The highest BCUT2D eigenvalue weighted by molar-refractivity contribution is 5.76. The van der Waals surface area contributed by atoms with Crippen molar-refractivity contribution in [3.05, 3.63) is 0 Å². The minimum Gasteiger partial charge on any atom is -0.481 e. The molecule has 3 unspecified atom stereocenters. The molecule has 0 spiro atoms. The third-order valence-electron chi connectivity index (χ3n) is 3.42. The number of carboxylic acids is 1. The van der Waals surface area contributed by atoms with E-state index in [0.717, 1.165) is 0 Å². The van der Waals surface area contributed by atoms with Crippen molar-refractivity contribution in [2.24, 2.45) is 11.8 Å². The molecule has 122 valence electrons. The van der Waals surface area contributed by atoms with Crippen molar-refractivity contribution < 1.29 is 24.5 Å². The van der Waals surface area contributed by atoms with E-state index in [4.69, 9.17) is 14.9 Å². The highest BCUT2D eigenvalue weighted by Gasteiger charge is 2.28. The lowest BCUT2D eigenvalue weighted by Crippen LogP contribution is -2.54. The number of aliphatic hydroxyl groups is 1. The molecule has 21 heavy (non-hydrogen) atoms. The molecule has 0 bridgehead atoms. The number of carbonyl (C=O) groups is 2. The van der Waals surface area contributed by atoms with Crippen LogP contribution in [0, 0.1) is 11.8 Å². The second kappa shape index (κ2) is 8.19. The molecule has 3 atom stereocenters. The van der Waals surface area contributed by atoms with Crippen molar-refractivity contribution in [1.29, 1.82) is 0 Å². The van der Waals surface area contributed by atoms with Gasteiger partial charge in [-0.3, -0.25) is 4.79 Å². The molecule has 1 fully saturated rings. The quantitative estimate of drug-likeness (QED) is 0.664. The van der Waals surface area contributed by atoms with E-state index in [1.165, 1.54) is 0 Å². The van der Waals surface area contributed by atoms with Gasteiger partial charge in [0.1, 0.15) is 0 Å². The molecule has 0 aliphatic carbocycles. The lowest BCUT2D eigenvalue weighted by molar-refractivity contribution is -0.142. The number of ether oxygens (including phenoxy) is 1. The average Bonchev–Trinajstić information content (AvgIpc) is 2.41. The SMILES string of the molecule is CC(C)CC(CNC(=O)N1CC(C)OC(CO)C1)C(=O)O. The topological polar surface area (TPSA) is 99.1 Å². The van der Waals surface area contributed by atoms with Crippen LogP contribution in [0.1, 0.15) is 27.2 Å². The largest absolute Gasteiger partial charge is 0.481 e. The molecule has 2 amide bonds. The summed E-state index contributed by atoms with van der Waals surface area (Å²) in [6.07, 6.45) is -0.00740. The van der Waals surface area contributed by atoms with Crippen molar-refractivity contribution in [2.75, 3.05) is 26.2 Å². The van der Waals surface area contributed by atoms with Gasteiger partial charge in [0.05, 0.1) is 31.3 Å². The molecule has 1 saturated heterocycles. The van der Waals surface area contributed by atoms with Crippen LogP contribution in [0.2, 0.25) is 0 Å². The summed E-state index contributed by atoms with van der Waals surface area (Å²) < 4.78 is 5.47. The van der Waals surface area contributed by atoms with Gasteiger partial charge in [0, 0.05) is 13.1 Å². The fourth-order valence-electron chi connectivity index (χ4n) is 2.47. The van der Waals surface area contributed by atoms with Crippen molar-refractivity contribution >= 4 is 12.0 Å². The number of rotatable bonds is 6. The average molecular weight is 302 g/mol. The first-order chi connectivity index (χ1) is 9.83.